The quantitative estimate of drug-likeness (QED) is 0.673. The van der Waals surface area contributed by atoms with Crippen LogP contribution in [0.3, 0.4) is 0 Å². The van der Waals surface area contributed by atoms with Crippen molar-refractivity contribution in [1.29, 1.82) is 0 Å². The highest BCUT2D eigenvalue weighted by Crippen LogP contribution is 2.25. The molecule has 25 heavy (non-hydrogen) atoms. The second-order valence-corrected chi connectivity index (χ2v) is 7.36. The molecule has 128 valence electrons. The van der Waals surface area contributed by atoms with E-state index in [0.29, 0.717) is 18.7 Å². The molecule has 0 radical (unpaired) electrons. The van der Waals surface area contributed by atoms with Crippen molar-refractivity contribution in [1.82, 2.24) is 9.71 Å². The summed E-state index contributed by atoms with van der Waals surface area (Å²) in [6.07, 6.45) is 2.59. The molecule has 8 heteroatoms. The summed E-state index contributed by atoms with van der Waals surface area (Å²) < 4.78 is 40.0. The van der Waals surface area contributed by atoms with Crippen LogP contribution in [-0.4, -0.2) is 25.9 Å². The Morgan fingerprint density at radius 2 is 1.96 bits per heavy atom. The van der Waals surface area contributed by atoms with Crippen molar-refractivity contribution in [2.24, 2.45) is 4.99 Å². The average molecular weight is 358 g/mol. The Balaban J connectivity index is 1.54. The van der Waals surface area contributed by atoms with Crippen molar-refractivity contribution in [3.63, 3.8) is 0 Å². The van der Waals surface area contributed by atoms with Crippen LogP contribution in [0, 0.1) is 5.82 Å². The molecule has 2 heterocycles. The second-order valence-electron chi connectivity index (χ2n) is 5.71. The van der Waals surface area contributed by atoms with Gasteiger partial charge in [-0.05, 0) is 36.2 Å². The minimum Gasteiger partial charge on any atom is -0.361 e. The molecule has 0 amide bonds. The number of benzene rings is 2. The lowest BCUT2D eigenvalue weighted by atomic mass is 10.1. The Bertz CT molecular complexity index is 1090. The standard InChI is InChI=1S/C17H15FN4O2S/c18-12-5-6-15-16(9-12)25(23,24)22-17(21-15)19-8-7-11-10-20-14-4-2-1-3-13(11)14/h1-6,9-10,20H,7-8H2,(H2,19,21,22). The first-order valence-corrected chi connectivity index (χ1v) is 9.20. The Kier molecular flexibility index (Phi) is 3.69. The van der Waals surface area contributed by atoms with E-state index in [9.17, 15) is 12.8 Å². The highest BCUT2D eigenvalue weighted by Gasteiger charge is 2.26. The van der Waals surface area contributed by atoms with Gasteiger partial charge in [0.2, 0.25) is 5.96 Å². The maximum atomic E-state index is 13.3. The number of halogens is 1. The van der Waals surface area contributed by atoms with Gasteiger partial charge in [0.05, 0.1) is 5.69 Å². The third-order valence-electron chi connectivity index (χ3n) is 4.04. The number of aromatic nitrogens is 1. The summed E-state index contributed by atoms with van der Waals surface area (Å²) in [7, 11) is -3.82. The number of H-pyrrole nitrogens is 1. The van der Waals surface area contributed by atoms with Gasteiger partial charge in [-0.25, -0.2) is 17.5 Å². The van der Waals surface area contributed by atoms with E-state index >= 15 is 0 Å². The minimum atomic E-state index is -3.82. The Labute approximate surface area is 143 Å². The number of aromatic amines is 1. The van der Waals surface area contributed by atoms with Crippen LogP contribution in [0.4, 0.5) is 10.1 Å². The topological polar surface area (TPSA) is 86.3 Å². The SMILES string of the molecule is O=S1(=O)NC(=NCCc2c[nH]c3ccccc23)Nc2ccc(F)cc21. The number of guanidine groups is 1. The summed E-state index contributed by atoms with van der Waals surface area (Å²) >= 11 is 0. The van der Waals surface area contributed by atoms with Gasteiger partial charge in [-0.3, -0.25) is 4.99 Å². The van der Waals surface area contributed by atoms with Crippen LogP contribution in [0.5, 0.6) is 0 Å². The first kappa shape index (κ1) is 15.6. The fourth-order valence-corrected chi connectivity index (χ4v) is 4.01. The number of rotatable bonds is 3. The Hall–Kier alpha value is -2.87. The highest BCUT2D eigenvalue weighted by atomic mass is 32.2. The molecule has 1 aliphatic rings. The van der Waals surface area contributed by atoms with Crippen LogP contribution >= 0.6 is 0 Å². The molecule has 0 saturated carbocycles. The third kappa shape index (κ3) is 2.96. The zero-order chi connectivity index (χ0) is 17.4. The van der Waals surface area contributed by atoms with Gasteiger partial charge in [-0.2, -0.15) is 0 Å². The number of aliphatic imine (C=N–C) groups is 1. The number of fused-ring (bicyclic) bond motifs is 2. The fraction of sp³-hybridized carbons (Fsp3) is 0.118. The molecular formula is C17H15FN4O2S. The largest absolute Gasteiger partial charge is 0.361 e. The van der Waals surface area contributed by atoms with Crippen LogP contribution in [0.2, 0.25) is 0 Å². The zero-order valence-electron chi connectivity index (χ0n) is 13.1. The van der Waals surface area contributed by atoms with E-state index in [2.05, 4.69) is 20.0 Å². The second kappa shape index (κ2) is 5.89. The molecular weight excluding hydrogens is 343 g/mol. The summed E-state index contributed by atoms with van der Waals surface area (Å²) in [4.78, 5) is 7.36. The maximum absolute atomic E-state index is 13.3. The predicted molar refractivity (Wildman–Crippen MR) is 94.6 cm³/mol. The van der Waals surface area contributed by atoms with Gasteiger partial charge in [-0.1, -0.05) is 18.2 Å². The predicted octanol–water partition coefficient (Wildman–Crippen LogP) is 2.61. The van der Waals surface area contributed by atoms with Crippen molar-refractivity contribution in [3.8, 4) is 0 Å². The van der Waals surface area contributed by atoms with Crippen LogP contribution in [0.1, 0.15) is 5.56 Å². The van der Waals surface area contributed by atoms with E-state index in [1.165, 1.54) is 12.1 Å². The lowest BCUT2D eigenvalue weighted by molar-refractivity contribution is 0.586. The van der Waals surface area contributed by atoms with Crippen molar-refractivity contribution in [2.75, 3.05) is 11.9 Å². The van der Waals surface area contributed by atoms with Crippen LogP contribution in [0.25, 0.3) is 10.9 Å². The highest BCUT2D eigenvalue weighted by molar-refractivity contribution is 7.90. The molecule has 3 N–H and O–H groups in total. The molecule has 0 spiro atoms. The summed E-state index contributed by atoms with van der Waals surface area (Å²) in [5.41, 5.74) is 2.48. The normalized spacial score (nSPS) is 17.1. The monoisotopic (exact) mass is 358 g/mol. The van der Waals surface area contributed by atoms with Crippen LogP contribution in [0.15, 0.2) is 58.5 Å². The molecule has 0 atom stereocenters. The molecule has 1 aromatic heterocycles. The summed E-state index contributed by atoms with van der Waals surface area (Å²) in [6, 6.07) is 11.5. The maximum Gasteiger partial charge on any atom is 0.266 e. The molecule has 3 aromatic rings. The molecule has 0 unspecified atom stereocenters. The molecule has 4 rings (SSSR count). The number of anilines is 1. The summed E-state index contributed by atoms with van der Waals surface area (Å²) in [5.74, 6) is -0.468. The van der Waals surface area contributed by atoms with Crippen molar-refractivity contribution in [3.05, 3.63) is 60.0 Å². The smallest absolute Gasteiger partial charge is 0.266 e. The molecule has 1 aliphatic heterocycles. The lowest BCUT2D eigenvalue weighted by Crippen LogP contribution is -2.41. The van der Waals surface area contributed by atoms with Crippen LogP contribution in [-0.2, 0) is 16.4 Å². The number of sulfonamides is 1. The molecule has 0 saturated heterocycles. The first-order chi connectivity index (χ1) is 12.0. The van der Waals surface area contributed by atoms with Gasteiger partial charge in [0.25, 0.3) is 10.0 Å². The number of hydrogen-bond donors (Lipinski definition) is 3. The first-order valence-electron chi connectivity index (χ1n) is 7.72. The molecule has 0 aliphatic carbocycles. The minimum absolute atomic E-state index is 0.122. The van der Waals surface area contributed by atoms with Crippen molar-refractivity contribution < 1.29 is 12.8 Å². The third-order valence-corrected chi connectivity index (χ3v) is 5.42. The van der Waals surface area contributed by atoms with Crippen molar-refractivity contribution in [2.45, 2.75) is 11.3 Å². The van der Waals surface area contributed by atoms with E-state index < -0.39 is 15.8 Å². The van der Waals surface area contributed by atoms with E-state index in [-0.39, 0.29) is 10.9 Å². The zero-order valence-corrected chi connectivity index (χ0v) is 13.9. The Morgan fingerprint density at radius 3 is 2.84 bits per heavy atom. The lowest BCUT2D eigenvalue weighted by Gasteiger charge is -2.21. The average Bonchev–Trinajstić information content (AvgIpc) is 2.99. The van der Waals surface area contributed by atoms with E-state index in [0.717, 1.165) is 22.5 Å². The molecule has 6 nitrogen and oxygen atoms in total. The summed E-state index contributed by atoms with van der Waals surface area (Å²) in [5, 5.41) is 4.01. The van der Waals surface area contributed by atoms with Gasteiger partial charge in [-0.15, -0.1) is 0 Å². The van der Waals surface area contributed by atoms with Gasteiger partial charge < -0.3 is 10.3 Å². The van der Waals surface area contributed by atoms with Gasteiger partial charge >= 0.3 is 0 Å². The summed E-state index contributed by atoms with van der Waals surface area (Å²) in [6.45, 7) is 0.406. The Morgan fingerprint density at radius 1 is 1.12 bits per heavy atom. The molecule has 0 fully saturated rings. The van der Waals surface area contributed by atoms with Crippen molar-refractivity contribution >= 4 is 32.6 Å². The number of para-hydroxylation sites is 1. The number of hydrogen-bond acceptors (Lipinski definition) is 3. The van der Waals surface area contributed by atoms with Gasteiger partial charge in [0.1, 0.15) is 10.7 Å². The van der Waals surface area contributed by atoms with Gasteiger partial charge in [0.15, 0.2) is 0 Å². The van der Waals surface area contributed by atoms with E-state index in [1.807, 2.05) is 30.5 Å². The number of nitrogens with one attached hydrogen (secondary N) is 3. The number of nitrogens with zero attached hydrogens (tertiary/aromatic N) is 1. The molecule has 0 bridgehead atoms. The van der Waals surface area contributed by atoms with E-state index in [1.54, 1.807) is 0 Å². The van der Waals surface area contributed by atoms with E-state index in [4.69, 9.17) is 0 Å². The molecule has 2 aromatic carbocycles. The fourth-order valence-electron chi connectivity index (χ4n) is 2.86. The van der Waals surface area contributed by atoms with Crippen LogP contribution < -0.4 is 10.0 Å². The van der Waals surface area contributed by atoms with Gasteiger partial charge in [0, 0.05) is 23.6 Å².